The van der Waals surface area contributed by atoms with Crippen molar-refractivity contribution in [3.05, 3.63) is 46.4 Å². The van der Waals surface area contributed by atoms with Crippen molar-refractivity contribution in [2.24, 2.45) is 0 Å². The van der Waals surface area contributed by atoms with Crippen LogP contribution in [-0.2, 0) is 6.54 Å². The summed E-state index contributed by atoms with van der Waals surface area (Å²) in [7, 11) is 0. The van der Waals surface area contributed by atoms with Gasteiger partial charge in [-0.2, -0.15) is 0 Å². The third kappa shape index (κ3) is 2.44. The van der Waals surface area contributed by atoms with Gasteiger partial charge in [-0.15, -0.1) is 0 Å². The van der Waals surface area contributed by atoms with Crippen LogP contribution in [0.3, 0.4) is 0 Å². The molecular formula is C9H11N5O2. The van der Waals surface area contributed by atoms with Gasteiger partial charge in [-0.1, -0.05) is 0 Å². The average Bonchev–Trinajstić information content (AvgIpc) is 2.66. The zero-order valence-electron chi connectivity index (χ0n) is 8.54. The molecule has 7 nitrogen and oxygen atoms in total. The van der Waals surface area contributed by atoms with Gasteiger partial charge in [-0.25, -0.2) is 0 Å². The Kier molecular flexibility index (Phi) is 2.95. The van der Waals surface area contributed by atoms with Gasteiger partial charge in [-0.05, 0) is 0 Å². The number of hydrogen-bond acceptors (Lipinski definition) is 6. The molecule has 7 heteroatoms. The van der Waals surface area contributed by atoms with Crippen molar-refractivity contribution in [2.75, 3.05) is 13.1 Å². The van der Waals surface area contributed by atoms with Gasteiger partial charge in [-0.3, -0.25) is 20.1 Å². The number of nitrogens with one attached hydrogen (secondary N) is 1. The molecule has 0 aliphatic carbocycles. The van der Waals surface area contributed by atoms with E-state index in [4.69, 9.17) is 0 Å². The molecule has 1 aliphatic heterocycles. The highest BCUT2D eigenvalue weighted by atomic mass is 16.6. The average molecular weight is 221 g/mol. The quantitative estimate of drug-likeness (QED) is 0.569. The smallest absolute Gasteiger partial charge is 0.274 e. The molecule has 0 radical (unpaired) electrons. The Morgan fingerprint density at radius 1 is 1.62 bits per heavy atom. The fourth-order valence-electron chi connectivity index (χ4n) is 1.55. The Morgan fingerprint density at radius 3 is 3.19 bits per heavy atom. The maximum Gasteiger partial charge on any atom is 0.274 e. The first-order valence-corrected chi connectivity index (χ1v) is 4.85. The highest BCUT2D eigenvalue weighted by Gasteiger charge is 2.19. The molecule has 0 atom stereocenters. The minimum atomic E-state index is -0.461. The summed E-state index contributed by atoms with van der Waals surface area (Å²) in [5, 5.41) is 13.3. The summed E-state index contributed by atoms with van der Waals surface area (Å²) in [4.78, 5) is 19.9. The van der Waals surface area contributed by atoms with Crippen molar-refractivity contribution in [3.8, 4) is 0 Å². The molecule has 2 heterocycles. The number of hydrogen-bond donors (Lipinski definition) is 1. The van der Waals surface area contributed by atoms with Crippen molar-refractivity contribution in [2.45, 2.75) is 6.54 Å². The van der Waals surface area contributed by atoms with Crippen LogP contribution in [0.25, 0.3) is 0 Å². The van der Waals surface area contributed by atoms with E-state index in [0.717, 1.165) is 18.4 Å². The molecule has 1 fully saturated rings. The highest BCUT2D eigenvalue weighted by Crippen LogP contribution is 2.10. The Hall–Kier alpha value is -2.18. The first kappa shape index (κ1) is 10.3. The normalized spacial score (nSPS) is 17.5. The van der Waals surface area contributed by atoms with Crippen molar-refractivity contribution in [1.29, 1.82) is 0 Å². The van der Waals surface area contributed by atoms with Gasteiger partial charge in [0.15, 0.2) is 5.82 Å². The summed E-state index contributed by atoms with van der Waals surface area (Å²) in [5.74, 6) is 0.524. The maximum absolute atomic E-state index is 10.4. The zero-order valence-corrected chi connectivity index (χ0v) is 8.54. The van der Waals surface area contributed by atoms with Crippen molar-refractivity contribution >= 4 is 0 Å². The molecule has 0 saturated carbocycles. The Bertz CT molecular complexity index is 406. The van der Waals surface area contributed by atoms with Gasteiger partial charge in [0.2, 0.25) is 0 Å². The highest BCUT2D eigenvalue weighted by molar-refractivity contribution is 5.04. The summed E-state index contributed by atoms with van der Waals surface area (Å²) >= 11 is 0. The van der Waals surface area contributed by atoms with Gasteiger partial charge in [0.1, 0.15) is 0 Å². The van der Waals surface area contributed by atoms with Crippen LogP contribution in [-0.4, -0.2) is 32.9 Å². The fourth-order valence-corrected chi connectivity index (χ4v) is 1.55. The standard InChI is InChI=1S/C9H11N5O2/c15-14(16)7-9-12-3-4-13(9)6-8-5-10-1-2-11-8/h1-2,5,7,12H,3-4,6H2/b9-7+. The minimum absolute atomic E-state index is 0.461. The maximum atomic E-state index is 10.4. The van der Waals surface area contributed by atoms with E-state index in [1.54, 1.807) is 18.6 Å². The lowest BCUT2D eigenvalue weighted by atomic mass is 10.4. The molecule has 0 spiro atoms. The van der Waals surface area contributed by atoms with E-state index in [0.29, 0.717) is 18.9 Å². The number of rotatable bonds is 3. The predicted octanol–water partition coefficient (Wildman–Crippen LogP) is -0.0426. The van der Waals surface area contributed by atoms with Crippen LogP contribution in [0.2, 0.25) is 0 Å². The van der Waals surface area contributed by atoms with E-state index in [2.05, 4.69) is 15.3 Å². The Morgan fingerprint density at radius 2 is 2.50 bits per heavy atom. The lowest BCUT2D eigenvalue weighted by Gasteiger charge is -2.15. The molecule has 84 valence electrons. The van der Waals surface area contributed by atoms with Gasteiger partial charge in [0, 0.05) is 25.5 Å². The molecule has 1 aromatic rings. The van der Waals surface area contributed by atoms with Crippen LogP contribution in [0.4, 0.5) is 0 Å². The summed E-state index contributed by atoms with van der Waals surface area (Å²) in [6, 6.07) is 0. The van der Waals surface area contributed by atoms with E-state index >= 15 is 0 Å². The Balaban J connectivity index is 2.07. The van der Waals surface area contributed by atoms with E-state index in [-0.39, 0.29) is 0 Å². The Labute approximate surface area is 92.0 Å². The SMILES string of the molecule is O=[N+]([O-])/C=C1\NCCN1Cc1cnccn1. The minimum Gasteiger partial charge on any atom is -0.365 e. The third-order valence-corrected chi connectivity index (χ3v) is 2.23. The van der Waals surface area contributed by atoms with E-state index in [9.17, 15) is 10.1 Å². The molecule has 1 saturated heterocycles. The third-order valence-electron chi connectivity index (χ3n) is 2.23. The zero-order chi connectivity index (χ0) is 11.4. The molecule has 0 amide bonds. The predicted molar refractivity (Wildman–Crippen MR) is 55.5 cm³/mol. The van der Waals surface area contributed by atoms with E-state index in [1.807, 2.05) is 4.90 Å². The van der Waals surface area contributed by atoms with Crippen molar-refractivity contribution in [3.63, 3.8) is 0 Å². The summed E-state index contributed by atoms with van der Waals surface area (Å²) in [6.45, 7) is 1.97. The van der Waals surface area contributed by atoms with Gasteiger partial charge in [0.05, 0.1) is 23.4 Å². The number of nitro groups is 1. The first-order chi connectivity index (χ1) is 7.75. The molecule has 1 aliphatic rings. The van der Waals surface area contributed by atoms with Crippen LogP contribution >= 0.6 is 0 Å². The molecular weight excluding hydrogens is 210 g/mol. The van der Waals surface area contributed by atoms with Crippen LogP contribution in [0, 0.1) is 10.1 Å². The fraction of sp³-hybridized carbons (Fsp3) is 0.333. The number of nitrogens with zero attached hydrogens (tertiary/aromatic N) is 4. The molecule has 0 aromatic carbocycles. The second-order valence-electron chi connectivity index (χ2n) is 3.34. The lowest BCUT2D eigenvalue weighted by Crippen LogP contribution is -2.21. The molecule has 0 unspecified atom stereocenters. The summed E-state index contributed by atoms with van der Waals surface area (Å²) < 4.78 is 0. The van der Waals surface area contributed by atoms with Crippen LogP contribution in [0.5, 0.6) is 0 Å². The lowest BCUT2D eigenvalue weighted by molar-refractivity contribution is -0.404. The van der Waals surface area contributed by atoms with Crippen LogP contribution < -0.4 is 5.32 Å². The first-order valence-electron chi connectivity index (χ1n) is 4.85. The van der Waals surface area contributed by atoms with Crippen molar-refractivity contribution in [1.82, 2.24) is 20.2 Å². The summed E-state index contributed by atoms with van der Waals surface area (Å²) in [5.41, 5.74) is 0.792. The molecule has 16 heavy (non-hydrogen) atoms. The van der Waals surface area contributed by atoms with E-state index in [1.165, 1.54) is 0 Å². The topological polar surface area (TPSA) is 84.2 Å². The van der Waals surface area contributed by atoms with E-state index < -0.39 is 4.92 Å². The largest absolute Gasteiger partial charge is 0.365 e. The second-order valence-corrected chi connectivity index (χ2v) is 3.34. The van der Waals surface area contributed by atoms with Crippen LogP contribution in [0.15, 0.2) is 30.6 Å². The molecule has 1 aromatic heterocycles. The van der Waals surface area contributed by atoms with Crippen molar-refractivity contribution < 1.29 is 4.92 Å². The van der Waals surface area contributed by atoms with Gasteiger partial charge in [0.25, 0.3) is 6.20 Å². The van der Waals surface area contributed by atoms with Crippen LogP contribution in [0.1, 0.15) is 5.69 Å². The molecule has 1 N–H and O–H groups in total. The number of aromatic nitrogens is 2. The molecule has 2 rings (SSSR count). The second kappa shape index (κ2) is 4.56. The monoisotopic (exact) mass is 221 g/mol. The van der Waals surface area contributed by atoms with Gasteiger partial charge < -0.3 is 10.2 Å². The van der Waals surface area contributed by atoms with Gasteiger partial charge >= 0.3 is 0 Å². The molecule has 0 bridgehead atoms. The summed E-state index contributed by atoms with van der Waals surface area (Å²) in [6.07, 6.45) is 5.83.